The molecule has 5 aromatic carbocycles. The smallest absolute Gasteiger partial charge is 0.334 e. The number of halogens is 5. The Kier molecular flexibility index (Phi) is 16.4. The maximum atomic E-state index is 14.9. The largest absolute Gasteiger partial charge is 0.483 e. The molecule has 0 spiro atoms. The van der Waals surface area contributed by atoms with Crippen LogP contribution in [0.3, 0.4) is 0 Å². The number of H-pyrrole nitrogens is 1. The lowest BCUT2D eigenvalue weighted by molar-refractivity contribution is -0.142. The van der Waals surface area contributed by atoms with Gasteiger partial charge in [0.1, 0.15) is 17.6 Å². The van der Waals surface area contributed by atoms with Crippen LogP contribution in [0.15, 0.2) is 126 Å². The summed E-state index contributed by atoms with van der Waals surface area (Å²) >= 11 is 0. The summed E-state index contributed by atoms with van der Waals surface area (Å²) in [6.07, 6.45) is 9.19. The molecule has 0 bridgehead atoms. The number of nitrogens with zero attached hydrogens (tertiary/aromatic N) is 1. The van der Waals surface area contributed by atoms with Crippen molar-refractivity contribution in [3.63, 3.8) is 0 Å². The number of para-hydroxylation sites is 1. The Morgan fingerprint density at radius 2 is 1.20 bits per heavy atom. The molecule has 1 heterocycles. The number of aromatic nitrogens is 1. The Morgan fingerprint density at radius 1 is 0.688 bits per heavy atom. The number of hydrogen-bond donors (Lipinski definition) is 3. The average Bonchev–Trinajstić information content (AvgIpc) is 3.74. The van der Waals surface area contributed by atoms with E-state index in [9.17, 15) is 36.3 Å². The highest BCUT2D eigenvalue weighted by molar-refractivity contribution is 5.93. The summed E-state index contributed by atoms with van der Waals surface area (Å²) in [6, 6.07) is 30.8. The van der Waals surface area contributed by atoms with E-state index < -0.39 is 76.7 Å². The predicted octanol–water partition coefficient (Wildman–Crippen LogP) is 10.2. The quantitative estimate of drug-likeness (QED) is 0.00722. The Hall–Kier alpha value is -6.83. The monoisotopic (exact) mass is 880 g/mol. The normalized spacial score (nSPS) is 12.5. The van der Waals surface area contributed by atoms with Gasteiger partial charge in [-0.2, -0.15) is 8.78 Å². The van der Waals surface area contributed by atoms with Gasteiger partial charge in [-0.1, -0.05) is 155 Å². The fourth-order valence-electron chi connectivity index (χ4n) is 7.57. The van der Waals surface area contributed by atoms with E-state index in [-0.39, 0.29) is 6.42 Å². The van der Waals surface area contributed by atoms with Crippen molar-refractivity contribution >= 4 is 35.1 Å². The van der Waals surface area contributed by atoms with Crippen molar-refractivity contribution in [2.24, 2.45) is 4.99 Å². The van der Waals surface area contributed by atoms with E-state index in [0.717, 1.165) is 55.8 Å². The number of hydrogen-bond acceptors (Lipinski definition) is 6. The SMILES string of the molecule is CCCCCCCCCO/C=N/[C@@H](Cc1c[nH]c2ccccc12)C(=O)N[C@H](CC(=O)NC(c1ccccc1)(c1ccccc1)c1ccccc1)C(=O)Oc1c(F)c(F)c(F)c(F)c1F. The molecule has 64 heavy (non-hydrogen) atoms. The summed E-state index contributed by atoms with van der Waals surface area (Å²) in [5.74, 6) is -17.4. The molecule has 9 nitrogen and oxygen atoms in total. The van der Waals surface area contributed by atoms with Gasteiger partial charge < -0.3 is 25.1 Å². The van der Waals surface area contributed by atoms with Crippen molar-refractivity contribution in [2.45, 2.75) is 82.3 Å². The maximum Gasteiger partial charge on any atom is 0.334 e. The number of aromatic amines is 1. The molecule has 0 unspecified atom stereocenters. The van der Waals surface area contributed by atoms with Gasteiger partial charge in [0.2, 0.25) is 46.6 Å². The lowest BCUT2D eigenvalue weighted by atomic mass is 9.77. The van der Waals surface area contributed by atoms with Crippen molar-refractivity contribution in [3.8, 4) is 5.75 Å². The number of aliphatic imine (C=N–C) groups is 1. The van der Waals surface area contributed by atoms with Gasteiger partial charge in [0.25, 0.3) is 0 Å². The number of rotatable bonds is 22. The predicted molar refractivity (Wildman–Crippen MR) is 234 cm³/mol. The second kappa shape index (κ2) is 22.5. The van der Waals surface area contributed by atoms with E-state index in [2.05, 4.69) is 27.5 Å². The molecule has 6 rings (SSSR count). The molecule has 0 aliphatic rings. The lowest BCUT2D eigenvalue weighted by Gasteiger charge is -2.37. The van der Waals surface area contributed by atoms with Gasteiger partial charge in [0.05, 0.1) is 13.0 Å². The summed E-state index contributed by atoms with van der Waals surface area (Å²) in [7, 11) is 0. The minimum absolute atomic E-state index is 0.0438. The Morgan fingerprint density at radius 3 is 1.78 bits per heavy atom. The molecular weight excluding hydrogens is 832 g/mol. The molecule has 6 aromatic rings. The van der Waals surface area contributed by atoms with Crippen LogP contribution in [0.1, 0.15) is 80.5 Å². The third-order valence-corrected chi connectivity index (χ3v) is 10.9. The Balaban J connectivity index is 1.33. The zero-order valence-corrected chi connectivity index (χ0v) is 35.2. The first kappa shape index (κ1) is 46.7. The van der Waals surface area contributed by atoms with Gasteiger partial charge in [0, 0.05) is 23.5 Å². The highest BCUT2D eigenvalue weighted by Gasteiger charge is 2.40. The summed E-state index contributed by atoms with van der Waals surface area (Å²) < 4.78 is 83.0. The number of ether oxygens (including phenoxy) is 2. The summed E-state index contributed by atoms with van der Waals surface area (Å²) in [6.45, 7) is 2.47. The highest BCUT2D eigenvalue weighted by atomic mass is 19.2. The van der Waals surface area contributed by atoms with Crippen molar-refractivity contribution in [1.82, 2.24) is 15.6 Å². The topological polar surface area (TPSA) is 122 Å². The fraction of sp³-hybridized carbons (Fsp3) is 0.280. The molecule has 1 aromatic heterocycles. The third kappa shape index (κ3) is 11.2. The summed E-state index contributed by atoms with van der Waals surface area (Å²) in [4.78, 5) is 50.4. The minimum Gasteiger partial charge on any atom is -0.483 e. The molecule has 3 N–H and O–H groups in total. The molecule has 0 fully saturated rings. The molecule has 0 saturated carbocycles. The molecule has 334 valence electrons. The van der Waals surface area contributed by atoms with Crippen LogP contribution in [0, 0.1) is 29.1 Å². The van der Waals surface area contributed by atoms with Gasteiger partial charge >= 0.3 is 5.97 Å². The van der Waals surface area contributed by atoms with Crippen LogP contribution >= 0.6 is 0 Å². The Bertz CT molecular complexity index is 2390. The highest BCUT2D eigenvalue weighted by Crippen LogP contribution is 2.37. The van der Waals surface area contributed by atoms with Crippen LogP contribution < -0.4 is 15.4 Å². The fourth-order valence-corrected chi connectivity index (χ4v) is 7.57. The first-order chi connectivity index (χ1) is 31.0. The number of benzene rings is 5. The minimum atomic E-state index is -2.47. The van der Waals surface area contributed by atoms with Crippen molar-refractivity contribution in [2.75, 3.05) is 6.61 Å². The maximum absolute atomic E-state index is 14.9. The molecule has 0 saturated heterocycles. The zero-order chi connectivity index (χ0) is 45.5. The first-order valence-electron chi connectivity index (χ1n) is 21.2. The molecule has 0 aliphatic heterocycles. The van der Waals surface area contributed by atoms with Gasteiger partial charge in [-0.15, -0.1) is 0 Å². The first-order valence-corrected chi connectivity index (χ1v) is 21.2. The van der Waals surface area contributed by atoms with Crippen LogP contribution in [0.5, 0.6) is 5.75 Å². The molecule has 14 heteroatoms. The lowest BCUT2D eigenvalue weighted by Crippen LogP contribution is -2.53. The van der Waals surface area contributed by atoms with Crippen LogP contribution in [0.2, 0.25) is 0 Å². The van der Waals surface area contributed by atoms with Crippen LogP contribution in [-0.2, 0) is 31.1 Å². The number of fused-ring (bicyclic) bond motifs is 1. The number of amides is 2. The Labute approximate surface area is 368 Å². The van der Waals surface area contributed by atoms with E-state index in [1.54, 1.807) is 97.2 Å². The van der Waals surface area contributed by atoms with E-state index in [4.69, 9.17) is 9.47 Å². The van der Waals surface area contributed by atoms with E-state index in [1.807, 2.05) is 24.3 Å². The van der Waals surface area contributed by atoms with Gasteiger partial charge in [-0.25, -0.2) is 23.0 Å². The average molecular weight is 881 g/mol. The number of esters is 1. The summed E-state index contributed by atoms with van der Waals surface area (Å²) in [5, 5.41) is 6.26. The molecule has 2 amide bonds. The second-order valence-electron chi connectivity index (χ2n) is 15.3. The second-order valence-corrected chi connectivity index (χ2v) is 15.3. The third-order valence-electron chi connectivity index (χ3n) is 10.9. The number of carbonyl (C=O) groups excluding carboxylic acids is 3. The number of carbonyl (C=O) groups is 3. The standard InChI is InChI=1S/C50H49F5N4O5/c1-2-3-4-5-6-7-19-28-63-32-57-39(29-33-31-56-38-27-18-17-26-37(33)38)48(61)58-40(49(62)64-47-45(54)43(52)42(51)44(53)46(47)55)30-41(60)59-50(34-20-11-8-12-21-34,35-22-13-9-14-23-35)36-24-15-10-16-25-36/h8-18,20-27,31-32,39-40,56H,2-7,19,28-30H2,1H3,(H,58,61)(H,59,60)/b57-32+/t39-,40+/m0/s1. The van der Waals surface area contributed by atoms with E-state index in [1.165, 1.54) is 6.42 Å². The van der Waals surface area contributed by atoms with Crippen molar-refractivity contribution in [1.29, 1.82) is 0 Å². The van der Waals surface area contributed by atoms with Crippen LogP contribution in [0.25, 0.3) is 10.9 Å². The number of unbranched alkanes of at least 4 members (excludes halogenated alkanes) is 6. The zero-order valence-electron chi connectivity index (χ0n) is 35.2. The van der Waals surface area contributed by atoms with E-state index >= 15 is 0 Å². The van der Waals surface area contributed by atoms with Gasteiger partial charge in [-0.05, 0) is 34.7 Å². The molecule has 2 atom stereocenters. The van der Waals surface area contributed by atoms with Crippen molar-refractivity contribution in [3.05, 3.63) is 173 Å². The molecule has 0 radical (unpaired) electrons. The van der Waals surface area contributed by atoms with Gasteiger partial charge in [0.15, 0.2) is 6.40 Å². The van der Waals surface area contributed by atoms with E-state index in [0.29, 0.717) is 28.9 Å². The van der Waals surface area contributed by atoms with Gasteiger partial charge in [-0.3, -0.25) is 9.59 Å². The summed E-state index contributed by atoms with van der Waals surface area (Å²) in [5.41, 5.74) is 1.85. The molecule has 0 aliphatic carbocycles. The van der Waals surface area contributed by atoms with Crippen LogP contribution in [-0.4, -0.2) is 47.9 Å². The van der Waals surface area contributed by atoms with Crippen molar-refractivity contribution < 1.29 is 45.8 Å². The molecular formula is C50H49F5N4O5. The number of nitrogens with one attached hydrogen (secondary N) is 3. The van der Waals surface area contributed by atoms with Crippen LogP contribution in [0.4, 0.5) is 22.0 Å².